The summed E-state index contributed by atoms with van der Waals surface area (Å²) in [4.78, 5) is 18.5. The highest BCUT2D eigenvalue weighted by Gasteiger charge is 2.26. The minimum absolute atomic E-state index is 0.000675. The van der Waals surface area contributed by atoms with Gasteiger partial charge < -0.3 is 9.47 Å². The highest BCUT2D eigenvalue weighted by molar-refractivity contribution is 7.98. The third-order valence-corrected chi connectivity index (χ3v) is 5.68. The Bertz CT molecular complexity index is 1120. The molecule has 0 spiro atoms. The summed E-state index contributed by atoms with van der Waals surface area (Å²) in [7, 11) is 0. The second kappa shape index (κ2) is 11.9. The highest BCUT2D eigenvalue weighted by Crippen LogP contribution is 2.25. The first-order valence-corrected chi connectivity index (χ1v) is 11.8. The monoisotopic (exact) mass is 458 g/mol. The van der Waals surface area contributed by atoms with Crippen molar-refractivity contribution in [3.63, 3.8) is 0 Å². The number of hydrogen-bond acceptors (Lipinski definition) is 6. The van der Waals surface area contributed by atoms with Crippen molar-refractivity contribution >= 4 is 23.8 Å². The van der Waals surface area contributed by atoms with Crippen molar-refractivity contribution in [2.75, 3.05) is 6.26 Å². The minimum Gasteiger partial charge on any atom is -0.440 e. The molecule has 168 valence electrons. The number of nitrogens with zero attached hydrogens (tertiary/aromatic N) is 2. The number of aromatic nitrogens is 1. The van der Waals surface area contributed by atoms with Gasteiger partial charge in [-0.05, 0) is 48.1 Å². The number of carbonyl (C=O) groups is 1. The van der Waals surface area contributed by atoms with Gasteiger partial charge in [-0.2, -0.15) is 5.26 Å². The molecule has 5 nitrogen and oxygen atoms in total. The van der Waals surface area contributed by atoms with Crippen LogP contribution in [-0.4, -0.2) is 17.2 Å². The van der Waals surface area contributed by atoms with Crippen LogP contribution in [0.2, 0.25) is 0 Å². The Kier molecular flexibility index (Phi) is 8.68. The fraction of sp³-hybridized carbons (Fsp3) is 0.222. The average Bonchev–Trinajstić information content (AvgIpc) is 2.83. The molecule has 3 aromatic rings. The summed E-state index contributed by atoms with van der Waals surface area (Å²) in [5.74, 6) is -0.0129. The molecular formula is C27H26N2O3S. The fourth-order valence-corrected chi connectivity index (χ4v) is 3.50. The summed E-state index contributed by atoms with van der Waals surface area (Å²) in [6.07, 6.45) is 4.63. The lowest BCUT2D eigenvalue weighted by molar-refractivity contribution is -0.151. The van der Waals surface area contributed by atoms with Gasteiger partial charge >= 0.3 is 5.97 Å². The molecule has 0 saturated heterocycles. The van der Waals surface area contributed by atoms with Crippen molar-refractivity contribution in [1.82, 2.24) is 4.98 Å². The summed E-state index contributed by atoms with van der Waals surface area (Å²) in [6.45, 7) is 3.89. The Morgan fingerprint density at radius 1 is 1.03 bits per heavy atom. The minimum atomic E-state index is -1.13. The van der Waals surface area contributed by atoms with Crippen molar-refractivity contribution in [1.29, 1.82) is 5.26 Å². The van der Waals surface area contributed by atoms with Gasteiger partial charge in [-0.3, -0.25) is 4.79 Å². The summed E-state index contributed by atoms with van der Waals surface area (Å²) in [5, 5.41) is 9.66. The zero-order valence-corrected chi connectivity index (χ0v) is 19.7. The van der Waals surface area contributed by atoms with Crippen LogP contribution in [0.3, 0.4) is 0 Å². The lowest BCUT2D eigenvalue weighted by Crippen LogP contribution is -2.23. The molecule has 0 fully saturated rings. The molecule has 0 aliphatic heterocycles. The zero-order chi connectivity index (χ0) is 23.6. The lowest BCUT2D eigenvalue weighted by atomic mass is 9.94. The second-order valence-corrected chi connectivity index (χ2v) is 8.54. The van der Waals surface area contributed by atoms with E-state index in [2.05, 4.69) is 4.98 Å². The van der Waals surface area contributed by atoms with E-state index in [4.69, 9.17) is 9.47 Å². The smallest absolute Gasteiger partial charge is 0.314 e. The first kappa shape index (κ1) is 24.1. The third kappa shape index (κ3) is 6.96. The maximum absolute atomic E-state index is 12.9. The number of pyridine rings is 1. The molecule has 0 bridgehead atoms. The number of carbonyl (C=O) groups excluding carboxylic acids is 1. The van der Waals surface area contributed by atoms with Gasteiger partial charge in [0.1, 0.15) is 11.8 Å². The summed E-state index contributed by atoms with van der Waals surface area (Å²) < 4.78 is 11.3. The molecule has 1 heterocycles. The van der Waals surface area contributed by atoms with Crippen LogP contribution < -0.4 is 4.74 Å². The second-order valence-electron chi connectivity index (χ2n) is 7.66. The largest absolute Gasteiger partial charge is 0.440 e. The predicted molar refractivity (Wildman–Crippen MR) is 131 cm³/mol. The van der Waals surface area contributed by atoms with E-state index in [1.807, 2.05) is 92.9 Å². The first-order valence-electron chi connectivity index (χ1n) is 10.6. The highest BCUT2D eigenvalue weighted by atomic mass is 32.2. The number of hydrogen-bond donors (Lipinski definition) is 0. The van der Waals surface area contributed by atoms with Gasteiger partial charge in [0.15, 0.2) is 0 Å². The molecule has 1 aromatic heterocycles. The number of esters is 1. The lowest BCUT2D eigenvalue weighted by Gasteiger charge is -2.18. The normalized spacial score (nSPS) is 12.8. The quantitative estimate of drug-likeness (QED) is 0.263. The number of nitriles is 1. The van der Waals surface area contributed by atoms with Crippen molar-refractivity contribution in [3.05, 3.63) is 90.1 Å². The van der Waals surface area contributed by atoms with Gasteiger partial charge in [0.25, 0.3) is 0 Å². The molecule has 0 amide bonds. The van der Waals surface area contributed by atoms with Crippen LogP contribution in [0, 0.1) is 23.2 Å². The molecule has 0 saturated carbocycles. The third-order valence-electron chi connectivity index (χ3n) is 4.93. The molecule has 0 radical (unpaired) electrons. The van der Waals surface area contributed by atoms with Crippen LogP contribution in [-0.2, 0) is 9.53 Å². The van der Waals surface area contributed by atoms with Crippen molar-refractivity contribution in [2.45, 2.75) is 24.8 Å². The Morgan fingerprint density at radius 2 is 1.76 bits per heavy atom. The standard InChI is InChI=1S/C27H26N2O3S/c1-19(2)23(17-14-20-12-15-22(33-3)16-13-20)27(30)32-25(18-28)24-10-7-11-26(29-24)31-21-8-5-4-6-9-21/h4-17,19,23,25H,1-3H3/b17-14+. The van der Waals surface area contributed by atoms with E-state index >= 15 is 0 Å². The van der Waals surface area contributed by atoms with Gasteiger partial charge in [-0.1, -0.05) is 62.4 Å². The molecule has 2 unspecified atom stereocenters. The van der Waals surface area contributed by atoms with E-state index in [9.17, 15) is 10.1 Å². The average molecular weight is 459 g/mol. The Labute approximate surface area is 199 Å². The van der Waals surface area contributed by atoms with Crippen LogP contribution in [0.1, 0.15) is 31.2 Å². The summed E-state index contributed by atoms with van der Waals surface area (Å²) in [6, 6.07) is 24.4. The Morgan fingerprint density at radius 3 is 2.39 bits per heavy atom. The molecule has 2 aromatic carbocycles. The molecule has 0 aliphatic carbocycles. The van der Waals surface area contributed by atoms with Gasteiger partial charge in [-0.25, -0.2) is 4.98 Å². The van der Waals surface area contributed by atoms with Crippen LogP contribution in [0.25, 0.3) is 6.08 Å². The Hall–Kier alpha value is -3.56. The molecular weight excluding hydrogens is 432 g/mol. The summed E-state index contributed by atoms with van der Waals surface area (Å²) >= 11 is 1.68. The maximum atomic E-state index is 12.9. The van der Waals surface area contributed by atoms with Gasteiger partial charge in [0.05, 0.1) is 11.6 Å². The van der Waals surface area contributed by atoms with Gasteiger partial charge in [-0.15, -0.1) is 11.8 Å². The Balaban J connectivity index is 1.72. The first-order chi connectivity index (χ1) is 16.0. The van der Waals surface area contributed by atoms with Crippen molar-refractivity contribution in [3.8, 4) is 17.7 Å². The number of rotatable bonds is 9. The molecule has 0 aliphatic rings. The van der Waals surface area contributed by atoms with E-state index in [0.717, 1.165) is 5.56 Å². The van der Waals surface area contributed by atoms with E-state index < -0.39 is 18.0 Å². The van der Waals surface area contributed by atoms with Crippen molar-refractivity contribution < 1.29 is 14.3 Å². The number of benzene rings is 2. The maximum Gasteiger partial charge on any atom is 0.314 e. The fourth-order valence-electron chi connectivity index (χ4n) is 3.09. The molecule has 2 atom stereocenters. The van der Waals surface area contributed by atoms with Crippen LogP contribution in [0.5, 0.6) is 11.6 Å². The number of thioether (sulfide) groups is 1. The van der Waals surface area contributed by atoms with E-state index in [-0.39, 0.29) is 5.92 Å². The van der Waals surface area contributed by atoms with Crippen molar-refractivity contribution in [2.24, 2.45) is 11.8 Å². The van der Waals surface area contributed by atoms with Gasteiger partial charge in [0, 0.05) is 11.0 Å². The molecule has 6 heteroatoms. The van der Waals surface area contributed by atoms with Crippen LogP contribution in [0.4, 0.5) is 0 Å². The molecule has 3 rings (SSSR count). The zero-order valence-electron chi connectivity index (χ0n) is 18.8. The molecule has 33 heavy (non-hydrogen) atoms. The van der Waals surface area contributed by atoms with Gasteiger partial charge in [0.2, 0.25) is 12.0 Å². The number of ether oxygens (including phenoxy) is 2. The summed E-state index contributed by atoms with van der Waals surface area (Å²) in [5.41, 5.74) is 1.31. The molecule has 0 N–H and O–H groups in total. The predicted octanol–water partition coefficient (Wildman–Crippen LogP) is 6.69. The number of para-hydroxylation sites is 1. The van der Waals surface area contributed by atoms with E-state index in [1.54, 1.807) is 30.0 Å². The SMILES string of the molecule is CSc1ccc(/C=C/C(C(=O)OC(C#N)c2cccc(Oc3ccccc3)n2)C(C)C)cc1. The topological polar surface area (TPSA) is 72.2 Å². The van der Waals surface area contributed by atoms with E-state index in [0.29, 0.717) is 17.3 Å². The van der Waals surface area contributed by atoms with Crippen LogP contribution >= 0.6 is 11.8 Å². The van der Waals surface area contributed by atoms with E-state index in [1.165, 1.54) is 4.90 Å². The van der Waals surface area contributed by atoms with Crippen LogP contribution in [0.15, 0.2) is 83.8 Å².